The number of hydrogen-bond donors (Lipinski definition) is 1. The van der Waals surface area contributed by atoms with Gasteiger partial charge in [-0.1, -0.05) is 0 Å². The van der Waals surface area contributed by atoms with Crippen molar-refractivity contribution in [2.45, 2.75) is 37.8 Å². The van der Waals surface area contributed by atoms with Crippen LogP contribution in [0.4, 0.5) is 0 Å². The van der Waals surface area contributed by atoms with Gasteiger partial charge in [-0.25, -0.2) is 4.79 Å². The molecule has 0 bridgehead atoms. The van der Waals surface area contributed by atoms with Gasteiger partial charge in [0.15, 0.2) is 0 Å². The van der Waals surface area contributed by atoms with E-state index in [1.807, 2.05) is 6.07 Å². The van der Waals surface area contributed by atoms with Crippen LogP contribution in [0.25, 0.3) is 10.9 Å². The molecule has 1 N–H and O–H groups in total. The highest BCUT2D eigenvalue weighted by Gasteiger charge is 2.49. The number of nitrogens with zero attached hydrogens (tertiary/aromatic N) is 1. The van der Waals surface area contributed by atoms with Gasteiger partial charge in [0.1, 0.15) is 17.6 Å². The number of piperidine rings is 1. The molecule has 1 aliphatic carbocycles. The number of benzene rings is 2. The summed E-state index contributed by atoms with van der Waals surface area (Å²) in [6, 6.07) is 13.3. The molecular weight excluding hydrogens is 484 g/mol. The summed E-state index contributed by atoms with van der Waals surface area (Å²) in [6.07, 6.45) is 2.76. The van der Waals surface area contributed by atoms with E-state index < -0.39 is 0 Å². The Balaban J connectivity index is 1.23. The van der Waals surface area contributed by atoms with E-state index in [1.54, 1.807) is 38.5 Å². The monoisotopic (exact) mass is 518 g/mol. The number of carbonyl (C=O) groups excluding carboxylic acids is 2. The van der Waals surface area contributed by atoms with Crippen LogP contribution in [0.5, 0.6) is 11.5 Å². The van der Waals surface area contributed by atoms with Gasteiger partial charge < -0.3 is 23.9 Å². The molecule has 5 atom stereocenters. The van der Waals surface area contributed by atoms with Crippen LogP contribution < -0.4 is 9.47 Å². The van der Waals surface area contributed by atoms with Gasteiger partial charge in [-0.3, -0.25) is 9.69 Å². The fourth-order valence-corrected chi connectivity index (χ4v) is 7.00. The number of H-pyrrole nitrogens is 1. The van der Waals surface area contributed by atoms with Gasteiger partial charge in [-0.2, -0.15) is 0 Å². The number of rotatable bonds is 5. The summed E-state index contributed by atoms with van der Waals surface area (Å²) in [5.41, 5.74) is 4.20. The van der Waals surface area contributed by atoms with Crippen molar-refractivity contribution < 1.29 is 28.5 Å². The van der Waals surface area contributed by atoms with Gasteiger partial charge >= 0.3 is 11.9 Å². The number of methoxy groups -OCH3 is 3. The van der Waals surface area contributed by atoms with Crippen molar-refractivity contribution in [1.29, 1.82) is 0 Å². The first-order valence-corrected chi connectivity index (χ1v) is 13.3. The minimum Gasteiger partial charge on any atom is -0.497 e. The number of ether oxygens (including phenoxy) is 4. The Hall–Kier alpha value is -3.52. The molecule has 3 heterocycles. The summed E-state index contributed by atoms with van der Waals surface area (Å²) in [7, 11) is 4.72. The van der Waals surface area contributed by atoms with E-state index in [4.69, 9.17) is 18.9 Å². The van der Waals surface area contributed by atoms with Gasteiger partial charge in [-0.15, -0.1) is 0 Å². The molecule has 2 aromatic carbocycles. The van der Waals surface area contributed by atoms with E-state index in [9.17, 15) is 9.59 Å². The van der Waals surface area contributed by atoms with Gasteiger partial charge in [0.2, 0.25) is 0 Å². The molecule has 2 aliphatic heterocycles. The summed E-state index contributed by atoms with van der Waals surface area (Å²) < 4.78 is 21.8. The van der Waals surface area contributed by atoms with Crippen molar-refractivity contribution in [1.82, 2.24) is 9.88 Å². The van der Waals surface area contributed by atoms with Crippen molar-refractivity contribution in [3.63, 3.8) is 0 Å². The second-order valence-electron chi connectivity index (χ2n) is 10.7. The largest absolute Gasteiger partial charge is 0.497 e. The Labute approximate surface area is 222 Å². The number of aromatic nitrogens is 1. The van der Waals surface area contributed by atoms with E-state index in [-0.39, 0.29) is 41.8 Å². The van der Waals surface area contributed by atoms with E-state index in [0.717, 1.165) is 43.6 Å². The zero-order valence-corrected chi connectivity index (χ0v) is 22.1. The average Bonchev–Trinajstić information content (AvgIpc) is 3.33. The van der Waals surface area contributed by atoms with Crippen molar-refractivity contribution in [3.05, 3.63) is 59.3 Å². The van der Waals surface area contributed by atoms with E-state index in [1.165, 1.54) is 23.8 Å². The Morgan fingerprint density at radius 1 is 0.947 bits per heavy atom. The predicted octanol–water partition coefficient (Wildman–Crippen LogP) is 4.53. The molecule has 1 saturated carbocycles. The molecule has 6 rings (SSSR count). The highest BCUT2D eigenvalue weighted by Crippen LogP contribution is 2.50. The highest BCUT2D eigenvalue weighted by molar-refractivity contribution is 5.89. The predicted molar refractivity (Wildman–Crippen MR) is 141 cm³/mol. The van der Waals surface area contributed by atoms with Crippen LogP contribution in [0.2, 0.25) is 0 Å². The zero-order valence-electron chi connectivity index (χ0n) is 22.1. The fraction of sp³-hybridized carbons (Fsp3) is 0.467. The molecule has 1 unspecified atom stereocenters. The second kappa shape index (κ2) is 9.98. The average molecular weight is 519 g/mol. The van der Waals surface area contributed by atoms with E-state index in [2.05, 4.69) is 22.0 Å². The number of esters is 2. The number of aromatic amines is 1. The Kier molecular flexibility index (Phi) is 6.51. The maximum atomic E-state index is 13.0. The Morgan fingerprint density at radius 3 is 2.45 bits per heavy atom. The number of carbonyl (C=O) groups is 2. The van der Waals surface area contributed by atoms with Crippen LogP contribution in [0.3, 0.4) is 0 Å². The molecule has 0 amide bonds. The second-order valence-corrected chi connectivity index (χ2v) is 10.7. The van der Waals surface area contributed by atoms with Gasteiger partial charge in [-0.05, 0) is 79.5 Å². The van der Waals surface area contributed by atoms with E-state index in [0.29, 0.717) is 17.7 Å². The standard InChI is InChI=1S/C30H34N2O6/c1-35-19-6-4-17(5-7-19)29(33)38-21-12-18-16-32-11-10-23-22-9-8-20(36-2)14-26(22)31-28(23)27(32)15-24(18)25(13-21)30(34)37-3/h4-9,14,18,21,24-25,27,31H,10-13,15-16H2,1-3H3/t18-,21-,24?,25-,27-/m1/s1. The fourth-order valence-electron chi connectivity index (χ4n) is 7.00. The molecule has 3 aromatic rings. The third kappa shape index (κ3) is 4.30. The third-order valence-corrected chi connectivity index (χ3v) is 8.84. The molecular formula is C30H34N2O6. The van der Waals surface area contributed by atoms with Crippen LogP contribution in [0.1, 0.15) is 46.9 Å². The maximum Gasteiger partial charge on any atom is 0.338 e. The lowest BCUT2D eigenvalue weighted by Crippen LogP contribution is -2.52. The van der Waals surface area contributed by atoms with Crippen LogP contribution in [-0.2, 0) is 20.7 Å². The normalized spacial score (nSPS) is 26.6. The first-order chi connectivity index (χ1) is 18.5. The lowest BCUT2D eigenvalue weighted by molar-refractivity contribution is -0.155. The molecule has 0 spiro atoms. The molecule has 38 heavy (non-hydrogen) atoms. The minimum atomic E-state index is -0.371. The highest BCUT2D eigenvalue weighted by atomic mass is 16.5. The number of nitrogens with one attached hydrogen (secondary N) is 1. The summed E-state index contributed by atoms with van der Waals surface area (Å²) >= 11 is 0. The van der Waals surface area contributed by atoms with Gasteiger partial charge in [0.05, 0.1) is 38.9 Å². The minimum absolute atomic E-state index is 0.173. The molecule has 1 saturated heterocycles. The smallest absolute Gasteiger partial charge is 0.338 e. The first kappa shape index (κ1) is 24.8. The third-order valence-electron chi connectivity index (χ3n) is 8.84. The quantitative estimate of drug-likeness (QED) is 0.497. The van der Waals surface area contributed by atoms with Crippen LogP contribution in [0, 0.1) is 17.8 Å². The topological polar surface area (TPSA) is 90.1 Å². The maximum absolute atomic E-state index is 13.0. The first-order valence-electron chi connectivity index (χ1n) is 13.3. The molecule has 1 aromatic heterocycles. The number of hydrogen-bond acceptors (Lipinski definition) is 7. The van der Waals surface area contributed by atoms with Crippen molar-refractivity contribution in [2.75, 3.05) is 34.4 Å². The summed E-state index contributed by atoms with van der Waals surface area (Å²) in [5, 5.41) is 1.25. The Bertz CT molecular complexity index is 1350. The van der Waals surface area contributed by atoms with E-state index >= 15 is 0 Å². The SMILES string of the molecule is COC(=O)[C@@H]1C[C@H](OC(=O)c2ccc(OC)cc2)C[C@@H]2CN3CCc4c([nH]c5cc(OC)ccc45)[C@H]3CC21. The molecule has 0 radical (unpaired) electrons. The lowest BCUT2D eigenvalue weighted by atomic mass is 9.65. The van der Waals surface area contributed by atoms with Crippen molar-refractivity contribution >= 4 is 22.8 Å². The van der Waals surface area contributed by atoms with Crippen LogP contribution in [0.15, 0.2) is 42.5 Å². The molecule has 2 fully saturated rings. The van der Waals surface area contributed by atoms with Gasteiger partial charge in [0.25, 0.3) is 0 Å². The van der Waals surface area contributed by atoms with Crippen molar-refractivity contribution in [2.24, 2.45) is 17.8 Å². The van der Waals surface area contributed by atoms with Crippen molar-refractivity contribution in [3.8, 4) is 11.5 Å². The van der Waals surface area contributed by atoms with Crippen LogP contribution in [-0.4, -0.2) is 62.3 Å². The Morgan fingerprint density at radius 2 is 1.71 bits per heavy atom. The summed E-state index contributed by atoms with van der Waals surface area (Å²) in [5.74, 6) is 1.06. The molecule has 8 heteroatoms. The molecule has 3 aliphatic rings. The number of fused-ring (bicyclic) bond motifs is 6. The molecule has 200 valence electrons. The lowest BCUT2D eigenvalue weighted by Gasteiger charge is -2.51. The summed E-state index contributed by atoms with van der Waals surface area (Å²) in [4.78, 5) is 32.1. The zero-order chi connectivity index (χ0) is 26.4. The summed E-state index contributed by atoms with van der Waals surface area (Å²) in [6.45, 7) is 1.84. The van der Waals surface area contributed by atoms with Crippen LogP contribution >= 0.6 is 0 Å². The van der Waals surface area contributed by atoms with Gasteiger partial charge in [0, 0.05) is 35.8 Å². The molecule has 8 nitrogen and oxygen atoms in total.